The first kappa shape index (κ1) is 25.8. The van der Waals surface area contributed by atoms with E-state index in [1.165, 1.54) is 0 Å². The van der Waals surface area contributed by atoms with Gasteiger partial charge in [0, 0.05) is 26.1 Å². The lowest BCUT2D eigenvalue weighted by Crippen LogP contribution is -2.34. The Kier molecular flexibility index (Phi) is 15.1. The van der Waals surface area contributed by atoms with Crippen LogP contribution in [-0.4, -0.2) is 65.4 Å². The summed E-state index contributed by atoms with van der Waals surface area (Å²) in [4.78, 5) is 13.2. The first-order chi connectivity index (χ1) is 12.8. The number of carbonyl (C=O) groups is 1. The van der Waals surface area contributed by atoms with Gasteiger partial charge in [0.1, 0.15) is 19.0 Å². The molecule has 0 amide bonds. The van der Waals surface area contributed by atoms with Crippen LogP contribution in [0.2, 0.25) is 0 Å². The van der Waals surface area contributed by atoms with Crippen molar-refractivity contribution < 1.29 is 14.5 Å². The van der Waals surface area contributed by atoms with Crippen LogP contribution in [-0.2, 0) is 4.79 Å². The molecular weight excluding hydrogens is 340 g/mol. The lowest BCUT2D eigenvalue weighted by atomic mass is 10.0. The second-order valence-corrected chi connectivity index (χ2v) is 7.65. The summed E-state index contributed by atoms with van der Waals surface area (Å²) in [5.74, 6) is 0.0783. The number of aliphatic hydroxyl groups is 1. The number of nitrogens with zero attached hydrogens (tertiary/aromatic N) is 2. The van der Waals surface area contributed by atoms with Crippen molar-refractivity contribution >= 4 is 12.5 Å². The molecule has 0 fully saturated rings. The van der Waals surface area contributed by atoms with Crippen LogP contribution in [0, 0.1) is 0 Å². The molecule has 158 valence electrons. The van der Waals surface area contributed by atoms with E-state index in [0.29, 0.717) is 0 Å². The third-order valence-corrected chi connectivity index (χ3v) is 4.98. The highest BCUT2D eigenvalue weighted by Gasteiger charge is 2.11. The Morgan fingerprint density at radius 1 is 1.15 bits per heavy atom. The molecule has 3 unspecified atom stereocenters. The van der Waals surface area contributed by atoms with Gasteiger partial charge >= 0.3 is 0 Å². The molecule has 0 aromatic rings. The molecule has 5 N–H and O–H groups in total. The minimum absolute atomic E-state index is 0.0783. The Morgan fingerprint density at radius 3 is 2.41 bits per heavy atom. The van der Waals surface area contributed by atoms with Gasteiger partial charge in [0.25, 0.3) is 0 Å². The van der Waals surface area contributed by atoms with Crippen LogP contribution < -0.4 is 11.5 Å². The van der Waals surface area contributed by atoms with Gasteiger partial charge in [-0.15, -0.1) is 0 Å². The Labute approximate surface area is 166 Å². The molecule has 0 saturated heterocycles. The van der Waals surface area contributed by atoms with Gasteiger partial charge in [-0.3, -0.25) is 4.79 Å². The molecule has 0 aromatic carbocycles. The number of unbranched alkanes of at least 4 members (excludes halogenated alkanes) is 4. The molecule has 0 aliphatic carbocycles. The molecule has 0 aliphatic heterocycles. The van der Waals surface area contributed by atoms with Gasteiger partial charge in [0.15, 0.2) is 6.20 Å². The zero-order chi connectivity index (χ0) is 20.7. The van der Waals surface area contributed by atoms with Gasteiger partial charge in [-0.1, -0.05) is 26.2 Å². The number of hydrogen-bond acceptors (Lipinski definition) is 5. The fraction of sp³-hybridized carbons (Fsp3) is 0.810. The van der Waals surface area contributed by atoms with Crippen LogP contribution in [0.4, 0.5) is 0 Å². The van der Waals surface area contributed by atoms with Crippen molar-refractivity contribution in [2.75, 3.05) is 20.1 Å². The first-order valence-electron chi connectivity index (χ1n) is 10.4. The Hall–Kier alpha value is -1.24. The molecule has 0 spiro atoms. The molecule has 6 heteroatoms. The SMILES string of the molecule is C=[N+](C=CN(C)CCCCC(N)C(O)CC)CCCCCCC(N)C(C)=O. The molecule has 0 aliphatic rings. The van der Waals surface area contributed by atoms with Gasteiger partial charge in [-0.05, 0) is 39.0 Å². The van der Waals surface area contributed by atoms with Crippen molar-refractivity contribution in [1.82, 2.24) is 4.90 Å². The van der Waals surface area contributed by atoms with Crippen LogP contribution in [0.3, 0.4) is 0 Å². The highest BCUT2D eigenvalue weighted by atomic mass is 16.3. The van der Waals surface area contributed by atoms with E-state index in [-0.39, 0.29) is 24.0 Å². The molecule has 0 bridgehead atoms. The molecule has 0 aromatic heterocycles. The Morgan fingerprint density at radius 2 is 1.78 bits per heavy atom. The third-order valence-electron chi connectivity index (χ3n) is 4.98. The summed E-state index contributed by atoms with van der Waals surface area (Å²) < 4.78 is 1.96. The molecule has 0 rings (SSSR count). The summed E-state index contributed by atoms with van der Waals surface area (Å²) in [5, 5.41) is 9.67. The second kappa shape index (κ2) is 15.8. The van der Waals surface area contributed by atoms with Gasteiger partial charge < -0.3 is 21.5 Å². The fourth-order valence-corrected chi connectivity index (χ4v) is 2.83. The molecule has 0 saturated carbocycles. The van der Waals surface area contributed by atoms with Crippen molar-refractivity contribution in [1.29, 1.82) is 0 Å². The van der Waals surface area contributed by atoms with Crippen molar-refractivity contribution in [2.24, 2.45) is 11.5 Å². The van der Waals surface area contributed by atoms with E-state index in [2.05, 4.69) is 24.9 Å². The molecular formula is C21H43N4O2+. The summed E-state index contributed by atoms with van der Waals surface area (Å²) in [6.45, 7) is 9.44. The van der Waals surface area contributed by atoms with E-state index < -0.39 is 0 Å². The standard InChI is InChI=1S/C21H43N4O2/c1-5-21(27)20(23)13-9-11-15-25(4)17-16-24(3)14-10-7-6-8-12-19(22)18(2)26/h16-17,19-21,27H,3,5-15,22-23H2,1-2,4H3/q+1. The first-order valence-corrected chi connectivity index (χ1v) is 10.4. The zero-order valence-corrected chi connectivity index (χ0v) is 17.8. The van der Waals surface area contributed by atoms with Crippen LogP contribution in [0.25, 0.3) is 0 Å². The van der Waals surface area contributed by atoms with Crippen molar-refractivity contribution in [3.63, 3.8) is 0 Å². The average Bonchev–Trinajstić information content (AvgIpc) is 2.64. The highest BCUT2D eigenvalue weighted by molar-refractivity contribution is 5.80. The number of carbonyl (C=O) groups excluding carboxylic acids is 1. The summed E-state index contributed by atoms with van der Waals surface area (Å²) in [7, 11) is 2.06. The Balaban J connectivity index is 3.70. The summed E-state index contributed by atoms with van der Waals surface area (Å²) in [6, 6.07) is -0.398. The summed E-state index contributed by atoms with van der Waals surface area (Å²) >= 11 is 0. The number of aliphatic hydroxyl groups excluding tert-OH is 1. The second-order valence-electron chi connectivity index (χ2n) is 7.65. The highest BCUT2D eigenvalue weighted by Crippen LogP contribution is 2.07. The number of ketones is 1. The van der Waals surface area contributed by atoms with Crippen LogP contribution in [0.5, 0.6) is 0 Å². The predicted octanol–water partition coefficient (Wildman–Crippen LogP) is 2.24. The molecule has 3 atom stereocenters. The maximum Gasteiger partial charge on any atom is 0.184 e. The number of nitrogens with two attached hydrogens (primary N) is 2. The number of rotatable bonds is 17. The van der Waals surface area contributed by atoms with Crippen LogP contribution in [0.15, 0.2) is 12.4 Å². The van der Waals surface area contributed by atoms with E-state index in [4.69, 9.17) is 11.5 Å². The quantitative estimate of drug-likeness (QED) is 0.203. The van der Waals surface area contributed by atoms with Gasteiger partial charge in [-0.2, -0.15) is 0 Å². The lowest BCUT2D eigenvalue weighted by Gasteiger charge is -2.18. The normalized spacial score (nSPS) is 14.9. The largest absolute Gasteiger partial charge is 0.392 e. The van der Waals surface area contributed by atoms with Crippen molar-refractivity contribution in [2.45, 2.75) is 89.8 Å². The maximum atomic E-state index is 11.1. The lowest BCUT2D eigenvalue weighted by molar-refractivity contribution is -0.449. The van der Waals surface area contributed by atoms with Crippen molar-refractivity contribution in [3.05, 3.63) is 12.4 Å². The topological polar surface area (TPSA) is 95.6 Å². The van der Waals surface area contributed by atoms with Gasteiger partial charge in [0.2, 0.25) is 0 Å². The third kappa shape index (κ3) is 14.5. The minimum Gasteiger partial charge on any atom is -0.392 e. The molecule has 6 nitrogen and oxygen atoms in total. The maximum absolute atomic E-state index is 11.1. The van der Waals surface area contributed by atoms with E-state index in [9.17, 15) is 9.90 Å². The smallest absolute Gasteiger partial charge is 0.184 e. The van der Waals surface area contributed by atoms with Crippen molar-refractivity contribution in [3.8, 4) is 0 Å². The van der Waals surface area contributed by atoms with E-state index in [1.807, 2.05) is 17.7 Å². The van der Waals surface area contributed by atoms with Gasteiger partial charge in [-0.25, -0.2) is 4.58 Å². The average molecular weight is 384 g/mol. The minimum atomic E-state index is -0.381. The number of hydrogen-bond donors (Lipinski definition) is 3. The summed E-state index contributed by atoms with van der Waals surface area (Å²) in [6.07, 6.45) is 12.5. The zero-order valence-electron chi connectivity index (χ0n) is 17.8. The van der Waals surface area contributed by atoms with E-state index >= 15 is 0 Å². The van der Waals surface area contributed by atoms with E-state index in [1.54, 1.807) is 6.92 Å². The van der Waals surface area contributed by atoms with Gasteiger partial charge in [0.05, 0.1) is 18.3 Å². The molecule has 0 heterocycles. The van der Waals surface area contributed by atoms with Crippen LogP contribution >= 0.6 is 0 Å². The monoisotopic (exact) mass is 383 g/mol. The Bertz CT molecular complexity index is 440. The number of Topliss-reactive ketones (excluding diaryl/α,β-unsaturated/α-hetero) is 1. The fourth-order valence-electron chi connectivity index (χ4n) is 2.83. The molecule has 27 heavy (non-hydrogen) atoms. The van der Waals surface area contributed by atoms with Crippen LogP contribution in [0.1, 0.15) is 71.6 Å². The predicted molar refractivity (Wildman–Crippen MR) is 114 cm³/mol. The molecule has 0 radical (unpaired) electrons. The van der Waals surface area contributed by atoms with E-state index in [0.717, 1.165) is 70.9 Å². The summed E-state index contributed by atoms with van der Waals surface area (Å²) in [5.41, 5.74) is 11.7.